The van der Waals surface area contributed by atoms with Gasteiger partial charge in [0, 0.05) is 23.9 Å². The van der Waals surface area contributed by atoms with Gasteiger partial charge in [0.1, 0.15) is 11.5 Å². The van der Waals surface area contributed by atoms with Gasteiger partial charge < -0.3 is 15.2 Å². The molecule has 1 fully saturated rings. The number of carbonyl (C=O) groups is 3. The second kappa shape index (κ2) is 10.3. The van der Waals surface area contributed by atoms with Crippen LogP contribution in [0.15, 0.2) is 84.4 Å². The van der Waals surface area contributed by atoms with E-state index in [2.05, 4.69) is 5.32 Å². The first kappa shape index (κ1) is 23.8. The van der Waals surface area contributed by atoms with Crippen molar-refractivity contribution in [3.05, 3.63) is 95.6 Å². The first-order valence-corrected chi connectivity index (χ1v) is 11.4. The lowest BCUT2D eigenvalue weighted by Crippen LogP contribution is -2.29. The fourth-order valence-electron chi connectivity index (χ4n) is 4.04. The van der Waals surface area contributed by atoms with Crippen LogP contribution in [0.3, 0.4) is 0 Å². The van der Waals surface area contributed by atoms with E-state index in [1.54, 1.807) is 48.5 Å². The monoisotopic (exact) mass is 470 g/mol. The standard InChI is InChI=1S/C28H26N2O5/c1-3-17-35-23-15-9-20(10-16-23)26(32)24-25(19-7-5-4-6-8-19)30(28(34)27(24)33)22-13-11-21(12-14-22)29-18(2)31/h4-16,25,32H,3,17H2,1-2H3,(H,29,31)/b26-24+. The molecular weight excluding hydrogens is 444 g/mol. The highest BCUT2D eigenvalue weighted by Gasteiger charge is 2.46. The van der Waals surface area contributed by atoms with Gasteiger partial charge in [-0.2, -0.15) is 0 Å². The van der Waals surface area contributed by atoms with Crippen molar-refractivity contribution in [1.29, 1.82) is 0 Å². The minimum Gasteiger partial charge on any atom is -0.507 e. The predicted molar refractivity (Wildman–Crippen MR) is 134 cm³/mol. The Balaban J connectivity index is 1.79. The molecule has 1 atom stereocenters. The van der Waals surface area contributed by atoms with E-state index in [1.807, 2.05) is 37.3 Å². The van der Waals surface area contributed by atoms with E-state index in [9.17, 15) is 19.5 Å². The number of aliphatic hydroxyl groups excluding tert-OH is 1. The third-order valence-corrected chi connectivity index (χ3v) is 5.63. The van der Waals surface area contributed by atoms with Crippen molar-refractivity contribution < 1.29 is 24.2 Å². The Morgan fingerprint density at radius 2 is 1.63 bits per heavy atom. The maximum atomic E-state index is 13.2. The number of hydrogen-bond acceptors (Lipinski definition) is 5. The summed E-state index contributed by atoms with van der Waals surface area (Å²) in [4.78, 5) is 39.2. The molecule has 2 amide bonds. The van der Waals surface area contributed by atoms with Gasteiger partial charge in [-0.15, -0.1) is 0 Å². The summed E-state index contributed by atoms with van der Waals surface area (Å²) in [6.45, 7) is 3.99. The SMILES string of the molecule is CCCOc1ccc(/C(O)=C2\C(=O)C(=O)N(c3ccc(NC(C)=O)cc3)C2c2ccccc2)cc1. The molecule has 1 saturated heterocycles. The van der Waals surface area contributed by atoms with E-state index in [-0.39, 0.29) is 17.2 Å². The average molecular weight is 471 g/mol. The van der Waals surface area contributed by atoms with Crippen molar-refractivity contribution in [2.45, 2.75) is 26.3 Å². The minimum absolute atomic E-state index is 0.00867. The van der Waals surface area contributed by atoms with Crippen LogP contribution < -0.4 is 15.0 Å². The van der Waals surface area contributed by atoms with Gasteiger partial charge in [0.05, 0.1) is 18.2 Å². The van der Waals surface area contributed by atoms with Crippen LogP contribution in [0.1, 0.15) is 37.4 Å². The van der Waals surface area contributed by atoms with Crippen molar-refractivity contribution in [3.8, 4) is 5.75 Å². The molecule has 0 radical (unpaired) electrons. The van der Waals surface area contributed by atoms with Gasteiger partial charge in [-0.25, -0.2) is 0 Å². The van der Waals surface area contributed by atoms with Gasteiger partial charge in [-0.05, 0) is 60.5 Å². The van der Waals surface area contributed by atoms with Crippen LogP contribution in [0.25, 0.3) is 5.76 Å². The summed E-state index contributed by atoms with van der Waals surface area (Å²) < 4.78 is 5.60. The number of amides is 2. The number of Topliss-reactive ketones (excluding diaryl/α,β-unsaturated/α-hetero) is 1. The summed E-state index contributed by atoms with van der Waals surface area (Å²) in [5.74, 6) is -1.32. The Morgan fingerprint density at radius 1 is 0.971 bits per heavy atom. The van der Waals surface area contributed by atoms with Crippen molar-refractivity contribution in [1.82, 2.24) is 0 Å². The van der Waals surface area contributed by atoms with Crippen LogP contribution in [-0.4, -0.2) is 29.3 Å². The molecule has 0 spiro atoms. The van der Waals surface area contributed by atoms with Crippen molar-refractivity contribution >= 4 is 34.7 Å². The number of rotatable bonds is 7. The Morgan fingerprint density at radius 3 is 2.23 bits per heavy atom. The molecule has 7 heteroatoms. The molecule has 3 aromatic rings. The highest BCUT2D eigenvalue weighted by atomic mass is 16.5. The molecule has 0 bridgehead atoms. The molecule has 1 unspecified atom stereocenters. The maximum Gasteiger partial charge on any atom is 0.300 e. The number of benzene rings is 3. The zero-order valence-corrected chi connectivity index (χ0v) is 19.5. The molecule has 0 saturated carbocycles. The molecule has 2 N–H and O–H groups in total. The third kappa shape index (κ3) is 4.94. The second-order valence-electron chi connectivity index (χ2n) is 8.18. The molecule has 3 aromatic carbocycles. The molecule has 1 aliphatic heterocycles. The number of carbonyl (C=O) groups excluding carboxylic acids is 3. The summed E-state index contributed by atoms with van der Waals surface area (Å²) in [5, 5.41) is 13.9. The predicted octanol–water partition coefficient (Wildman–Crippen LogP) is 5.06. The Labute approximate surface area is 203 Å². The highest BCUT2D eigenvalue weighted by Crippen LogP contribution is 2.42. The third-order valence-electron chi connectivity index (χ3n) is 5.63. The number of ether oxygens (including phenoxy) is 1. The van der Waals surface area contributed by atoms with Crippen LogP contribution in [0.2, 0.25) is 0 Å². The van der Waals surface area contributed by atoms with E-state index < -0.39 is 17.7 Å². The number of ketones is 1. The van der Waals surface area contributed by atoms with E-state index in [0.29, 0.717) is 34.9 Å². The molecule has 178 valence electrons. The lowest BCUT2D eigenvalue weighted by Gasteiger charge is -2.25. The summed E-state index contributed by atoms with van der Waals surface area (Å²) in [7, 11) is 0. The van der Waals surface area contributed by atoms with Gasteiger partial charge in [-0.3, -0.25) is 19.3 Å². The molecule has 7 nitrogen and oxygen atoms in total. The Bertz CT molecular complexity index is 1260. The molecule has 4 rings (SSSR count). The van der Waals surface area contributed by atoms with E-state index in [0.717, 1.165) is 6.42 Å². The summed E-state index contributed by atoms with van der Waals surface area (Å²) in [6.07, 6.45) is 0.869. The number of aliphatic hydroxyl groups is 1. The highest BCUT2D eigenvalue weighted by molar-refractivity contribution is 6.51. The molecule has 35 heavy (non-hydrogen) atoms. The molecular formula is C28H26N2O5. The smallest absolute Gasteiger partial charge is 0.300 e. The lowest BCUT2D eigenvalue weighted by molar-refractivity contribution is -0.132. The zero-order chi connectivity index (χ0) is 24.9. The Kier molecular flexibility index (Phi) is 6.96. The number of anilines is 2. The van der Waals surface area contributed by atoms with Gasteiger partial charge in [0.2, 0.25) is 5.91 Å². The van der Waals surface area contributed by atoms with Gasteiger partial charge >= 0.3 is 0 Å². The van der Waals surface area contributed by atoms with Gasteiger partial charge in [-0.1, -0.05) is 37.3 Å². The zero-order valence-electron chi connectivity index (χ0n) is 19.5. The number of nitrogens with one attached hydrogen (secondary N) is 1. The van der Waals surface area contributed by atoms with Crippen molar-refractivity contribution in [2.24, 2.45) is 0 Å². The molecule has 1 heterocycles. The van der Waals surface area contributed by atoms with Crippen molar-refractivity contribution in [3.63, 3.8) is 0 Å². The number of nitrogens with zero attached hydrogens (tertiary/aromatic N) is 1. The van der Waals surface area contributed by atoms with E-state index in [4.69, 9.17) is 4.74 Å². The summed E-state index contributed by atoms with van der Waals surface area (Å²) in [5.41, 5.74) is 2.14. The first-order valence-electron chi connectivity index (χ1n) is 11.4. The van der Waals surface area contributed by atoms with Crippen LogP contribution in [-0.2, 0) is 14.4 Å². The van der Waals surface area contributed by atoms with Crippen LogP contribution in [0, 0.1) is 0 Å². The maximum absolute atomic E-state index is 13.2. The van der Waals surface area contributed by atoms with E-state index in [1.165, 1.54) is 11.8 Å². The van der Waals surface area contributed by atoms with Crippen LogP contribution in [0.4, 0.5) is 11.4 Å². The molecule has 0 aromatic heterocycles. The van der Waals surface area contributed by atoms with Crippen LogP contribution >= 0.6 is 0 Å². The summed E-state index contributed by atoms with van der Waals surface area (Å²) >= 11 is 0. The minimum atomic E-state index is -0.821. The molecule has 1 aliphatic rings. The fourth-order valence-corrected chi connectivity index (χ4v) is 4.04. The normalized spacial score (nSPS) is 16.9. The Hall–Kier alpha value is -4.39. The largest absolute Gasteiger partial charge is 0.507 e. The first-order chi connectivity index (χ1) is 16.9. The summed E-state index contributed by atoms with van der Waals surface area (Å²) in [6, 6.07) is 21.7. The molecule has 0 aliphatic carbocycles. The van der Waals surface area contributed by atoms with E-state index >= 15 is 0 Å². The lowest BCUT2D eigenvalue weighted by atomic mass is 9.95. The van der Waals surface area contributed by atoms with Crippen LogP contribution in [0.5, 0.6) is 5.75 Å². The van der Waals surface area contributed by atoms with Crippen molar-refractivity contribution in [2.75, 3.05) is 16.8 Å². The topological polar surface area (TPSA) is 95.9 Å². The number of hydrogen-bond donors (Lipinski definition) is 2. The second-order valence-corrected chi connectivity index (χ2v) is 8.18. The average Bonchev–Trinajstić information content (AvgIpc) is 3.13. The fraction of sp³-hybridized carbons (Fsp3) is 0.179. The van der Waals surface area contributed by atoms with Gasteiger partial charge in [0.15, 0.2) is 0 Å². The quantitative estimate of drug-likeness (QED) is 0.286. The van der Waals surface area contributed by atoms with Gasteiger partial charge in [0.25, 0.3) is 11.7 Å².